The molecule has 0 atom stereocenters. The number of rotatable bonds is 4. The highest BCUT2D eigenvalue weighted by atomic mass is 16.5. The van der Waals surface area contributed by atoms with Crippen molar-refractivity contribution in [3.05, 3.63) is 29.6 Å². The van der Waals surface area contributed by atoms with Gasteiger partial charge in [0.2, 0.25) is 0 Å². The molecule has 0 aromatic carbocycles. The molecule has 66 valence electrons. The summed E-state index contributed by atoms with van der Waals surface area (Å²) < 4.78 is 10.1. The molecule has 0 N–H and O–H groups in total. The van der Waals surface area contributed by atoms with Gasteiger partial charge in [-0.25, -0.2) is 0 Å². The molecule has 0 fully saturated rings. The predicted molar refractivity (Wildman–Crippen MR) is 45.7 cm³/mol. The van der Waals surface area contributed by atoms with Gasteiger partial charge in [0, 0.05) is 32.2 Å². The molecule has 1 heterocycles. The third-order valence-electron chi connectivity index (χ3n) is 1.60. The zero-order chi connectivity index (χ0) is 8.81. The molecule has 0 radical (unpaired) electrons. The fourth-order valence-electron chi connectivity index (χ4n) is 1.04. The lowest BCUT2D eigenvalue weighted by Crippen LogP contribution is -1.97. The van der Waals surface area contributed by atoms with Crippen LogP contribution in [0.2, 0.25) is 0 Å². The zero-order valence-corrected chi connectivity index (χ0v) is 7.41. The third kappa shape index (κ3) is 2.29. The van der Waals surface area contributed by atoms with Crippen molar-refractivity contribution < 1.29 is 9.47 Å². The normalized spacial score (nSPS) is 10.2. The minimum atomic E-state index is 0.590. The van der Waals surface area contributed by atoms with E-state index in [1.54, 1.807) is 26.6 Å². The summed E-state index contributed by atoms with van der Waals surface area (Å²) in [6.07, 6.45) is 3.56. The summed E-state index contributed by atoms with van der Waals surface area (Å²) in [4.78, 5) is 4.01. The molecule has 12 heavy (non-hydrogen) atoms. The van der Waals surface area contributed by atoms with Crippen LogP contribution in [0.15, 0.2) is 18.5 Å². The SMILES string of the molecule is COCc1ccncc1COC. The quantitative estimate of drug-likeness (QED) is 0.678. The third-order valence-corrected chi connectivity index (χ3v) is 1.60. The molecule has 0 saturated carbocycles. The summed E-state index contributed by atoms with van der Waals surface area (Å²) in [5, 5.41) is 0. The number of aromatic nitrogens is 1. The van der Waals surface area contributed by atoms with Crippen LogP contribution in [-0.2, 0) is 22.7 Å². The molecular formula is C9H13NO2. The van der Waals surface area contributed by atoms with Crippen molar-refractivity contribution >= 4 is 0 Å². The molecule has 0 bridgehead atoms. The molecule has 1 rings (SSSR count). The second kappa shape index (κ2) is 4.85. The predicted octanol–water partition coefficient (Wildman–Crippen LogP) is 1.37. The Labute approximate surface area is 72.3 Å². The summed E-state index contributed by atoms with van der Waals surface area (Å²) in [7, 11) is 3.35. The Morgan fingerprint density at radius 3 is 2.50 bits per heavy atom. The highest BCUT2D eigenvalue weighted by molar-refractivity contribution is 5.21. The van der Waals surface area contributed by atoms with Gasteiger partial charge in [-0.2, -0.15) is 0 Å². The summed E-state index contributed by atoms with van der Waals surface area (Å²) in [5.41, 5.74) is 2.22. The van der Waals surface area contributed by atoms with Gasteiger partial charge in [0.25, 0.3) is 0 Å². The number of nitrogens with zero attached hydrogens (tertiary/aromatic N) is 1. The molecule has 0 spiro atoms. The maximum absolute atomic E-state index is 5.03. The Morgan fingerprint density at radius 2 is 1.83 bits per heavy atom. The Balaban J connectivity index is 2.77. The highest BCUT2D eigenvalue weighted by Gasteiger charge is 2.00. The first-order valence-electron chi connectivity index (χ1n) is 3.78. The van der Waals surface area contributed by atoms with E-state index in [9.17, 15) is 0 Å². The summed E-state index contributed by atoms with van der Waals surface area (Å²) >= 11 is 0. The van der Waals surface area contributed by atoms with E-state index in [2.05, 4.69) is 4.98 Å². The second-order valence-electron chi connectivity index (χ2n) is 2.51. The molecule has 3 nitrogen and oxygen atoms in total. The monoisotopic (exact) mass is 167 g/mol. The van der Waals surface area contributed by atoms with Crippen molar-refractivity contribution in [3.8, 4) is 0 Å². The van der Waals surface area contributed by atoms with Crippen molar-refractivity contribution in [2.75, 3.05) is 14.2 Å². The lowest BCUT2D eigenvalue weighted by atomic mass is 10.1. The van der Waals surface area contributed by atoms with Gasteiger partial charge < -0.3 is 9.47 Å². The van der Waals surface area contributed by atoms with Crippen LogP contribution in [0.1, 0.15) is 11.1 Å². The number of ether oxygens (including phenoxy) is 2. The van der Waals surface area contributed by atoms with Crippen molar-refractivity contribution in [3.63, 3.8) is 0 Å². The molecule has 3 heteroatoms. The first kappa shape index (κ1) is 9.16. The summed E-state index contributed by atoms with van der Waals surface area (Å²) in [6, 6.07) is 1.94. The fourth-order valence-corrected chi connectivity index (χ4v) is 1.04. The van der Waals surface area contributed by atoms with Gasteiger partial charge in [-0.05, 0) is 11.6 Å². The summed E-state index contributed by atoms with van der Waals surface area (Å²) in [6.45, 7) is 1.20. The Kier molecular flexibility index (Phi) is 3.70. The average Bonchev–Trinajstić information content (AvgIpc) is 2.09. The molecule has 0 saturated heterocycles. The van der Waals surface area contributed by atoms with Gasteiger partial charge in [0.05, 0.1) is 13.2 Å². The van der Waals surface area contributed by atoms with Gasteiger partial charge >= 0.3 is 0 Å². The Hall–Kier alpha value is -0.930. The van der Waals surface area contributed by atoms with Crippen molar-refractivity contribution in [2.45, 2.75) is 13.2 Å². The zero-order valence-electron chi connectivity index (χ0n) is 7.41. The second-order valence-corrected chi connectivity index (χ2v) is 2.51. The average molecular weight is 167 g/mol. The van der Waals surface area contributed by atoms with Gasteiger partial charge in [-0.3, -0.25) is 4.98 Å². The maximum Gasteiger partial charge on any atom is 0.0731 e. The Bertz CT molecular complexity index is 213. The number of methoxy groups -OCH3 is 2. The van der Waals surface area contributed by atoms with Crippen LogP contribution in [0.4, 0.5) is 0 Å². The van der Waals surface area contributed by atoms with Crippen LogP contribution in [0.3, 0.4) is 0 Å². The van der Waals surface area contributed by atoms with E-state index in [0.29, 0.717) is 13.2 Å². The summed E-state index contributed by atoms with van der Waals surface area (Å²) in [5.74, 6) is 0. The number of hydrogen-bond acceptors (Lipinski definition) is 3. The largest absolute Gasteiger partial charge is 0.380 e. The van der Waals surface area contributed by atoms with E-state index < -0.39 is 0 Å². The van der Waals surface area contributed by atoms with E-state index in [1.807, 2.05) is 6.07 Å². The van der Waals surface area contributed by atoms with E-state index in [4.69, 9.17) is 9.47 Å². The van der Waals surface area contributed by atoms with E-state index >= 15 is 0 Å². The van der Waals surface area contributed by atoms with E-state index in [0.717, 1.165) is 11.1 Å². The lowest BCUT2D eigenvalue weighted by molar-refractivity contribution is 0.168. The Morgan fingerprint density at radius 1 is 1.17 bits per heavy atom. The first-order chi connectivity index (χ1) is 5.88. The molecule has 1 aromatic heterocycles. The standard InChI is InChI=1S/C9H13NO2/c1-11-6-8-3-4-10-5-9(8)7-12-2/h3-5H,6-7H2,1-2H3. The van der Waals surface area contributed by atoms with Gasteiger partial charge in [0.1, 0.15) is 0 Å². The van der Waals surface area contributed by atoms with E-state index in [1.165, 1.54) is 0 Å². The molecular weight excluding hydrogens is 154 g/mol. The number of pyridine rings is 1. The maximum atomic E-state index is 5.03. The molecule has 0 unspecified atom stereocenters. The van der Waals surface area contributed by atoms with Crippen molar-refractivity contribution in [1.82, 2.24) is 4.98 Å². The fraction of sp³-hybridized carbons (Fsp3) is 0.444. The smallest absolute Gasteiger partial charge is 0.0731 e. The highest BCUT2D eigenvalue weighted by Crippen LogP contribution is 2.08. The topological polar surface area (TPSA) is 31.4 Å². The first-order valence-corrected chi connectivity index (χ1v) is 3.78. The van der Waals surface area contributed by atoms with Gasteiger partial charge in [0.15, 0.2) is 0 Å². The van der Waals surface area contributed by atoms with Crippen LogP contribution in [0.5, 0.6) is 0 Å². The van der Waals surface area contributed by atoms with Crippen LogP contribution >= 0.6 is 0 Å². The van der Waals surface area contributed by atoms with Gasteiger partial charge in [-0.15, -0.1) is 0 Å². The molecule has 0 aliphatic rings. The van der Waals surface area contributed by atoms with Crippen LogP contribution in [0, 0.1) is 0 Å². The minimum Gasteiger partial charge on any atom is -0.380 e. The van der Waals surface area contributed by atoms with Gasteiger partial charge in [-0.1, -0.05) is 0 Å². The number of hydrogen-bond donors (Lipinski definition) is 0. The van der Waals surface area contributed by atoms with E-state index in [-0.39, 0.29) is 0 Å². The molecule has 0 amide bonds. The molecule has 0 aliphatic heterocycles. The molecule has 1 aromatic rings. The van der Waals surface area contributed by atoms with Crippen LogP contribution < -0.4 is 0 Å². The van der Waals surface area contributed by atoms with Crippen LogP contribution in [-0.4, -0.2) is 19.2 Å². The lowest BCUT2D eigenvalue weighted by Gasteiger charge is -2.05. The minimum absolute atomic E-state index is 0.590. The van der Waals surface area contributed by atoms with Crippen molar-refractivity contribution in [1.29, 1.82) is 0 Å². The van der Waals surface area contributed by atoms with Crippen LogP contribution in [0.25, 0.3) is 0 Å². The molecule has 0 aliphatic carbocycles. The van der Waals surface area contributed by atoms with Crippen molar-refractivity contribution in [2.24, 2.45) is 0 Å².